The molecule has 0 aliphatic carbocycles. The highest BCUT2D eigenvalue weighted by molar-refractivity contribution is 7.99. The summed E-state index contributed by atoms with van der Waals surface area (Å²) in [5.74, 6) is 0. The molecule has 0 saturated heterocycles. The highest BCUT2D eigenvalue weighted by Crippen LogP contribution is 2.17. The van der Waals surface area contributed by atoms with E-state index in [-0.39, 0.29) is 0 Å². The second-order valence-corrected chi connectivity index (χ2v) is 3.49. The number of nitrogens with zero attached hydrogens (tertiary/aromatic N) is 2. The van der Waals surface area contributed by atoms with E-state index in [9.17, 15) is 0 Å². The van der Waals surface area contributed by atoms with Gasteiger partial charge in [0, 0.05) is 11.9 Å². The van der Waals surface area contributed by atoms with Crippen LogP contribution >= 0.6 is 23.3 Å². The van der Waals surface area contributed by atoms with Crippen molar-refractivity contribution in [1.82, 2.24) is 15.1 Å². The van der Waals surface area contributed by atoms with Crippen LogP contribution in [0.2, 0.25) is 0 Å². The van der Waals surface area contributed by atoms with Crippen LogP contribution in [0.25, 0.3) is 0 Å². The zero-order chi connectivity index (χ0) is 6.69. The van der Waals surface area contributed by atoms with Gasteiger partial charge >= 0.3 is 0 Å². The van der Waals surface area contributed by atoms with Crippen molar-refractivity contribution in [2.24, 2.45) is 0 Å². The van der Waals surface area contributed by atoms with Crippen LogP contribution in [0.3, 0.4) is 0 Å². The monoisotopic (exact) mass is 163 g/mol. The second-order valence-electron chi connectivity index (χ2n) is 1.28. The van der Waals surface area contributed by atoms with E-state index < -0.39 is 0 Å². The molecule has 0 bridgehead atoms. The summed E-state index contributed by atoms with van der Waals surface area (Å²) in [7, 11) is 0. The predicted molar refractivity (Wildman–Crippen MR) is 35.4 cm³/mol. The van der Waals surface area contributed by atoms with Crippen molar-refractivity contribution >= 4 is 23.3 Å². The first-order chi connectivity index (χ1) is 4.33. The van der Waals surface area contributed by atoms with Crippen LogP contribution in [0.4, 0.5) is 0 Å². The molecule has 2 N–H and O–H groups in total. The third kappa shape index (κ3) is 1.90. The minimum atomic E-state index is 0.718. The van der Waals surface area contributed by atoms with Crippen LogP contribution in [0.5, 0.6) is 0 Å². The van der Waals surface area contributed by atoms with E-state index in [0.717, 1.165) is 21.3 Å². The Labute approximate surface area is 60.4 Å². The SMILES string of the molecule is Cc1nnc(SNO)s1. The maximum Gasteiger partial charge on any atom is 0.191 e. The molecular formula is C3H5N3OS2. The molecule has 0 amide bonds. The number of hydrogen-bond donors (Lipinski definition) is 2. The van der Waals surface area contributed by atoms with E-state index in [4.69, 9.17) is 5.21 Å². The average molecular weight is 163 g/mol. The van der Waals surface area contributed by atoms with Gasteiger partial charge in [-0.05, 0) is 6.92 Å². The van der Waals surface area contributed by atoms with E-state index in [2.05, 4.69) is 10.2 Å². The average Bonchev–Trinajstić information content (AvgIpc) is 2.17. The van der Waals surface area contributed by atoms with Crippen LogP contribution in [-0.2, 0) is 0 Å². The van der Waals surface area contributed by atoms with Crippen molar-refractivity contribution in [1.29, 1.82) is 0 Å². The quantitative estimate of drug-likeness (QED) is 0.499. The van der Waals surface area contributed by atoms with Crippen molar-refractivity contribution in [3.8, 4) is 0 Å². The zero-order valence-electron chi connectivity index (χ0n) is 4.66. The lowest BCUT2D eigenvalue weighted by molar-refractivity contribution is 0.258. The fourth-order valence-electron chi connectivity index (χ4n) is 0.359. The van der Waals surface area contributed by atoms with Gasteiger partial charge in [-0.25, -0.2) is 0 Å². The molecule has 0 unspecified atom stereocenters. The minimum Gasteiger partial charge on any atom is -0.306 e. The Hall–Kier alpha value is -0.170. The molecule has 50 valence electrons. The molecule has 6 heteroatoms. The summed E-state index contributed by atoms with van der Waals surface area (Å²) in [6, 6.07) is 0. The fourth-order valence-corrected chi connectivity index (χ4v) is 1.57. The van der Waals surface area contributed by atoms with E-state index in [1.165, 1.54) is 11.3 Å². The summed E-state index contributed by atoms with van der Waals surface area (Å²) < 4.78 is 0.718. The van der Waals surface area contributed by atoms with Crippen LogP contribution in [0, 0.1) is 6.92 Å². The standard InChI is InChI=1S/C3H5N3OS2/c1-2-4-5-3(8-2)9-6-7/h6-7H,1H3. The molecule has 0 atom stereocenters. The van der Waals surface area contributed by atoms with Crippen LogP contribution < -0.4 is 4.89 Å². The highest BCUT2D eigenvalue weighted by atomic mass is 32.2. The van der Waals surface area contributed by atoms with Crippen LogP contribution in [0.15, 0.2) is 4.34 Å². The van der Waals surface area contributed by atoms with Crippen molar-refractivity contribution in [2.45, 2.75) is 11.3 Å². The molecule has 1 aromatic heterocycles. The molecule has 0 radical (unpaired) electrons. The Bertz CT molecular complexity index is 189. The molecule has 9 heavy (non-hydrogen) atoms. The van der Waals surface area contributed by atoms with Crippen LogP contribution in [0.1, 0.15) is 5.01 Å². The smallest absolute Gasteiger partial charge is 0.191 e. The van der Waals surface area contributed by atoms with Gasteiger partial charge in [-0.2, -0.15) is 0 Å². The summed E-state index contributed by atoms with van der Waals surface area (Å²) in [5.41, 5.74) is 0. The number of aromatic nitrogens is 2. The minimum absolute atomic E-state index is 0.718. The third-order valence-corrected chi connectivity index (χ3v) is 2.12. The summed E-state index contributed by atoms with van der Waals surface area (Å²) in [5, 5.41) is 16.5. The molecular weight excluding hydrogens is 158 g/mol. The largest absolute Gasteiger partial charge is 0.306 e. The number of rotatable bonds is 2. The van der Waals surface area contributed by atoms with Gasteiger partial charge in [0.2, 0.25) is 0 Å². The second kappa shape index (κ2) is 3.11. The zero-order valence-corrected chi connectivity index (χ0v) is 6.29. The molecule has 0 aromatic carbocycles. The first-order valence-corrected chi connectivity index (χ1v) is 3.82. The van der Waals surface area contributed by atoms with Crippen molar-refractivity contribution in [3.63, 3.8) is 0 Å². The van der Waals surface area contributed by atoms with Crippen molar-refractivity contribution in [2.75, 3.05) is 0 Å². The lowest BCUT2D eigenvalue weighted by Crippen LogP contribution is -1.90. The van der Waals surface area contributed by atoms with Gasteiger partial charge in [0.15, 0.2) is 4.34 Å². The van der Waals surface area contributed by atoms with E-state index >= 15 is 0 Å². The molecule has 0 saturated carbocycles. The molecule has 0 fully saturated rings. The molecule has 0 spiro atoms. The van der Waals surface area contributed by atoms with E-state index in [1.54, 1.807) is 0 Å². The molecule has 1 rings (SSSR count). The highest BCUT2D eigenvalue weighted by Gasteiger charge is 1.97. The van der Waals surface area contributed by atoms with Gasteiger partial charge in [0.25, 0.3) is 0 Å². The van der Waals surface area contributed by atoms with Crippen LogP contribution in [-0.4, -0.2) is 15.4 Å². The number of hydrogen-bond acceptors (Lipinski definition) is 6. The number of aryl methyl sites for hydroxylation is 1. The Balaban J connectivity index is 2.61. The van der Waals surface area contributed by atoms with E-state index in [0.29, 0.717) is 0 Å². The van der Waals surface area contributed by atoms with Crippen molar-refractivity contribution in [3.05, 3.63) is 5.01 Å². The Morgan fingerprint density at radius 2 is 2.44 bits per heavy atom. The molecule has 1 heterocycles. The summed E-state index contributed by atoms with van der Waals surface area (Å²) in [4.78, 5) is 1.92. The summed E-state index contributed by atoms with van der Waals surface area (Å²) in [6.45, 7) is 1.86. The maximum absolute atomic E-state index is 8.18. The maximum atomic E-state index is 8.18. The molecule has 4 nitrogen and oxygen atoms in total. The Morgan fingerprint density at radius 3 is 2.89 bits per heavy atom. The summed E-state index contributed by atoms with van der Waals surface area (Å²) >= 11 is 2.48. The van der Waals surface area contributed by atoms with E-state index in [1.807, 2.05) is 11.8 Å². The lowest BCUT2D eigenvalue weighted by Gasteiger charge is -1.84. The Kier molecular flexibility index (Phi) is 2.40. The molecule has 0 aliphatic heterocycles. The first-order valence-electron chi connectivity index (χ1n) is 2.19. The summed E-state index contributed by atoms with van der Waals surface area (Å²) in [6.07, 6.45) is 0. The Morgan fingerprint density at radius 1 is 1.67 bits per heavy atom. The third-order valence-electron chi connectivity index (χ3n) is 0.640. The van der Waals surface area contributed by atoms with Gasteiger partial charge in [0.1, 0.15) is 5.01 Å². The normalized spacial score (nSPS) is 10.0. The van der Waals surface area contributed by atoms with Gasteiger partial charge in [-0.15, -0.1) is 15.1 Å². The van der Waals surface area contributed by atoms with Gasteiger partial charge in [-0.3, -0.25) is 0 Å². The first kappa shape index (κ1) is 6.94. The van der Waals surface area contributed by atoms with Gasteiger partial charge in [0.05, 0.1) is 0 Å². The molecule has 1 aromatic rings. The van der Waals surface area contributed by atoms with Gasteiger partial charge in [-0.1, -0.05) is 11.3 Å². The molecule has 0 aliphatic rings. The topological polar surface area (TPSA) is 58.0 Å². The lowest BCUT2D eigenvalue weighted by atomic mass is 10.9. The van der Waals surface area contributed by atoms with Gasteiger partial charge < -0.3 is 5.21 Å². The number of nitrogens with one attached hydrogen (secondary N) is 1. The predicted octanol–water partition coefficient (Wildman–Crippen LogP) is 0.832. The fraction of sp³-hybridized carbons (Fsp3) is 0.333. The van der Waals surface area contributed by atoms with Crippen molar-refractivity contribution < 1.29 is 5.21 Å².